The van der Waals surface area contributed by atoms with Gasteiger partial charge in [-0.2, -0.15) is 0 Å². The summed E-state index contributed by atoms with van der Waals surface area (Å²) in [6, 6.07) is 12.6. The van der Waals surface area contributed by atoms with E-state index in [9.17, 15) is 9.50 Å². The van der Waals surface area contributed by atoms with Crippen LogP contribution in [0.4, 0.5) is 4.39 Å². The molecule has 0 bridgehead atoms. The number of benzene rings is 2. The minimum Gasteiger partial charge on any atom is -0.496 e. The van der Waals surface area contributed by atoms with Crippen LogP contribution in [0.15, 0.2) is 42.5 Å². The van der Waals surface area contributed by atoms with Crippen LogP contribution >= 0.6 is 0 Å². The third kappa shape index (κ3) is 4.15. The van der Waals surface area contributed by atoms with Gasteiger partial charge in [-0.15, -0.1) is 0 Å². The molecule has 4 rings (SSSR count). The van der Waals surface area contributed by atoms with Crippen molar-refractivity contribution in [2.24, 2.45) is 11.8 Å². The molecule has 2 N–H and O–H groups in total. The number of rotatable bonds is 6. The van der Waals surface area contributed by atoms with E-state index in [0.717, 1.165) is 37.2 Å². The Morgan fingerprint density at radius 3 is 2.57 bits per heavy atom. The highest BCUT2D eigenvalue weighted by molar-refractivity contribution is 5.41. The van der Waals surface area contributed by atoms with Crippen molar-refractivity contribution in [2.75, 3.05) is 20.2 Å². The maximum absolute atomic E-state index is 13.8. The molecule has 0 aromatic heterocycles. The lowest BCUT2D eigenvalue weighted by atomic mass is 9.78. The Balaban J connectivity index is 1.42. The van der Waals surface area contributed by atoms with Gasteiger partial charge in [-0.3, -0.25) is 0 Å². The lowest BCUT2D eigenvalue weighted by Gasteiger charge is -2.35. The van der Waals surface area contributed by atoms with Gasteiger partial charge >= 0.3 is 0 Å². The number of methoxy groups -OCH3 is 1. The monoisotopic (exact) mass is 385 g/mol. The molecule has 4 atom stereocenters. The molecule has 4 nitrogen and oxygen atoms in total. The Bertz CT molecular complexity index is 812. The number of aryl methyl sites for hydroxylation is 2. The van der Waals surface area contributed by atoms with Crippen molar-refractivity contribution < 1.29 is 19.0 Å². The van der Waals surface area contributed by atoms with Crippen molar-refractivity contribution in [3.05, 3.63) is 59.4 Å². The van der Waals surface area contributed by atoms with E-state index in [2.05, 4.69) is 5.32 Å². The average molecular weight is 385 g/mol. The van der Waals surface area contributed by atoms with Gasteiger partial charge in [0.05, 0.1) is 13.2 Å². The van der Waals surface area contributed by atoms with E-state index in [1.807, 2.05) is 30.3 Å². The maximum Gasteiger partial charge on any atom is 0.126 e. The molecule has 2 aromatic rings. The van der Waals surface area contributed by atoms with Crippen LogP contribution in [-0.4, -0.2) is 37.5 Å². The number of ether oxygens (including phenoxy) is 2. The summed E-state index contributed by atoms with van der Waals surface area (Å²) in [6.07, 6.45) is 2.34. The summed E-state index contributed by atoms with van der Waals surface area (Å²) in [5, 5.41) is 13.9. The molecular weight excluding hydrogens is 357 g/mol. The lowest BCUT2D eigenvalue weighted by molar-refractivity contribution is -0.0232. The van der Waals surface area contributed by atoms with Crippen LogP contribution in [0.5, 0.6) is 11.5 Å². The minimum absolute atomic E-state index is 0.174. The van der Waals surface area contributed by atoms with Crippen LogP contribution in [-0.2, 0) is 12.8 Å². The van der Waals surface area contributed by atoms with Crippen LogP contribution in [0.25, 0.3) is 0 Å². The predicted molar refractivity (Wildman–Crippen MR) is 106 cm³/mol. The molecule has 150 valence electrons. The first-order chi connectivity index (χ1) is 13.6. The van der Waals surface area contributed by atoms with Crippen molar-refractivity contribution in [3.63, 3.8) is 0 Å². The highest BCUT2D eigenvalue weighted by Gasteiger charge is 2.39. The number of hydrogen-bond donors (Lipinski definition) is 2. The Hall–Kier alpha value is -2.11. The van der Waals surface area contributed by atoms with Crippen LogP contribution < -0.4 is 14.8 Å². The molecule has 0 radical (unpaired) electrons. The van der Waals surface area contributed by atoms with Crippen LogP contribution in [0.1, 0.15) is 24.0 Å². The summed E-state index contributed by atoms with van der Waals surface area (Å²) in [5.74, 6) is 2.41. The van der Waals surface area contributed by atoms with Crippen molar-refractivity contribution in [1.29, 1.82) is 0 Å². The smallest absolute Gasteiger partial charge is 0.126 e. The molecule has 0 amide bonds. The molecule has 1 saturated carbocycles. The van der Waals surface area contributed by atoms with E-state index in [4.69, 9.17) is 9.47 Å². The Morgan fingerprint density at radius 2 is 1.79 bits per heavy atom. The van der Waals surface area contributed by atoms with E-state index in [1.54, 1.807) is 13.2 Å². The Morgan fingerprint density at radius 1 is 1.04 bits per heavy atom. The van der Waals surface area contributed by atoms with Gasteiger partial charge in [-0.25, -0.2) is 4.39 Å². The SMILES string of the molecule is COc1cc(O[C@@H]2C[C@@H]3CNC[C@@H]3C[C@H]2O)ccc1CCc1ccccc1F. The minimum atomic E-state index is -0.437. The van der Waals surface area contributed by atoms with Crippen LogP contribution in [0.2, 0.25) is 0 Å². The highest BCUT2D eigenvalue weighted by Crippen LogP contribution is 2.36. The summed E-state index contributed by atoms with van der Waals surface area (Å²) < 4.78 is 25.5. The zero-order chi connectivity index (χ0) is 19.5. The van der Waals surface area contributed by atoms with Crippen LogP contribution in [0.3, 0.4) is 0 Å². The topological polar surface area (TPSA) is 50.7 Å². The number of halogens is 1. The molecule has 1 aliphatic heterocycles. The number of hydrogen-bond acceptors (Lipinski definition) is 4. The summed E-state index contributed by atoms with van der Waals surface area (Å²) >= 11 is 0. The van der Waals surface area contributed by atoms with E-state index in [-0.39, 0.29) is 11.9 Å². The Labute approximate surface area is 165 Å². The maximum atomic E-state index is 13.8. The zero-order valence-electron chi connectivity index (χ0n) is 16.2. The van der Waals surface area contributed by atoms with Gasteiger partial charge < -0.3 is 19.9 Å². The summed E-state index contributed by atoms with van der Waals surface area (Å²) in [5.41, 5.74) is 1.72. The van der Waals surface area contributed by atoms with Gasteiger partial charge in [0.2, 0.25) is 0 Å². The van der Waals surface area contributed by atoms with Crippen molar-refractivity contribution in [1.82, 2.24) is 5.32 Å². The number of aliphatic hydroxyl groups excluding tert-OH is 1. The van der Waals surface area contributed by atoms with Gasteiger partial charge in [0.1, 0.15) is 23.4 Å². The van der Waals surface area contributed by atoms with Crippen molar-refractivity contribution in [3.8, 4) is 11.5 Å². The molecular formula is C23H28FNO3. The van der Waals surface area contributed by atoms with Gasteiger partial charge in [0, 0.05) is 6.07 Å². The first-order valence-electron chi connectivity index (χ1n) is 10.1. The fourth-order valence-electron chi connectivity index (χ4n) is 4.53. The molecule has 0 spiro atoms. The van der Waals surface area contributed by atoms with Crippen LogP contribution in [0, 0.1) is 17.7 Å². The Kier molecular flexibility index (Phi) is 5.83. The van der Waals surface area contributed by atoms with E-state index < -0.39 is 6.10 Å². The molecule has 28 heavy (non-hydrogen) atoms. The molecule has 2 fully saturated rings. The lowest BCUT2D eigenvalue weighted by Crippen LogP contribution is -2.42. The van der Waals surface area contributed by atoms with Crippen molar-refractivity contribution >= 4 is 0 Å². The van der Waals surface area contributed by atoms with Gasteiger partial charge in [0.15, 0.2) is 0 Å². The number of fused-ring (bicyclic) bond motifs is 1. The fourth-order valence-corrected chi connectivity index (χ4v) is 4.53. The summed E-state index contributed by atoms with van der Waals surface area (Å²) in [7, 11) is 1.63. The third-order valence-corrected chi connectivity index (χ3v) is 6.16. The number of nitrogens with one attached hydrogen (secondary N) is 1. The number of aliphatic hydroxyl groups is 1. The molecule has 1 saturated heterocycles. The third-order valence-electron chi connectivity index (χ3n) is 6.16. The first-order valence-corrected chi connectivity index (χ1v) is 10.1. The molecule has 2 aliphatic rings. The molecule has 5 heteroatoms. The fraction of sp³-hybridized carbons (Fsp3) is 0.478. The molecule has 0 unspecified atom stereocenters. The van der Waals surface area contributed by atoms with E-state index in [1.165, 1.54) is 6.07 Å². The van der Waals surface area contributed by atoms with Gasteiger partial charge in [-0.1, -0.05) is 24.3 Å². The largest absolute Gasteiger partial charge is 0.496 e. The summed E-state index contributed by atoms with van der Waals surface area (Å²) in [6.45, 7) is 2.01. The molecule has 2 aromatic carbocycles. The first kappa shape index (κ1) is 19.2. The highest BCUT2D eigenvalue weighted by atomic mass is 19.1. The molecule has 1 aliphatic carbocycles. The second kappa shape index (κ2) is 8.50. The van der Waals surface area contributed by atoms with Crippen molar-refractivity contribution in [2.45, 2.75) is 37.9 Å². The average Bonchev–Trinajstić information content (AvgIpc) is 3.15. The zero-order valence-corrected chi connectivity index (χ0v) is 16.2. The standard InChI is InChI=1S/C23H28FNO3/c1-27-22-12-19(28-23-11-18-14-25-13-17(18)10-21(23)26)9-8-16(22)7-6-15-4-2-3-5-20(15)24/h2-5,8-9,12,17-18,21,23,25-26H,6-7,10-11,13-14H2,1H3/t17-,18+,21+,23+/m0/s1. The predicted octanol–water partition coefficient (Wildman–Crippen LogP) is 3.36. The second-order valence-corrected chi connectivity index (χ2v) is 7.94. The normalized spacial score (nSPS) is 26.7. The van der Waals surface area contributed by atoms with E-state index in [0.29, 0.717) is 36.0 Å². The summed E-state index contributed by atoms with van der Waals surface area (Å²) in [4.78, 5) is 0. The van der Waals surface area contributed by atoms with Gasteiger partial charge in [-0.05, 0) is 73.9 Å². The second-order valence-electron chi connectivity index (χ2n) is 7.94. The molecule has 1 heterocycles. The van der Waals surface area contributed by atoms with E-state index >= 15 is 0 Å². The quantitative estimate of drug-likeness (QED) is 0.801. The van der Waals surface area contributed by atoms with Gasteiger partial charge in [0.25, 0.3) is 0 Å².